The Morgan fingerprint density at radius 2 is 1.17 bits per heavy atom. The van der Waals surface area contributed by atoms with Gasteiger partial charge < -0.3 is 5.11 Å². The standard InChI is InChI=1S/C14H22O.C9H13.C2H7Si.2ClH.Ti/c1-13(2,3)10-7-11(14(4,5)6)9-12(15)8-10;1-6-5-7(2)9(4)8(6)3;1-3-2;;;/h7-9,15H,1-6H3;6H,1-4H3;3H,1-2H3;2*1H;/q;-1;;;;. The minimum atomic E-state index is 0. The molecule has 0 fully saturated rings. The zero-order valence-corrected chi connectivity index (χ0v) is 25.5. The quantitative estimate of drug-likeness (QED) is 0.278. The molecule has 0 aliphatic heterocycles. The van der Waals surface area contributed by atoms with Crippen LogP contribution >= 0.6 is 24.8 Å². The molecule has 0 heterocycles. The molecule has 1 radical (unpaired) electrons. The first-order valence-corrected chi connectivity index (χ1v) is 12.3. The molecule has 173 valence electrons. The van der Waals surface area contributed by atoms with Gasteiger partial charge >= 0.3 is 0 Å². The third kappa shape index (κ3) is 12.8. The number of aromatic hydroxyl groups is 1. The normalized spacial score (nSPS) is 15.2. The van der Waals surface area contributed by atoms with E-state index in [0.29, 0.717) is 11.7 Å². The van der Waals surface area contributed by atoms with Crippen LogP contribution in [0.1, 0.15) is 80.4 Å². The fourth-order valence-electron chi connectivity index (χ4n) is 2.64. The number of allylic oxidation sites excluding steroid dienone is 4. The Hall–Kier alpha value is 0.0112. The van der Waals surface area contributed by atoms with E-state index >= 15 is 0 Å². The zero-order valence-electron chi connectivity index (χ0n) is 21.2. The fourth-order valence-corrected chi connectivity index (χ4v) is 2.64. The molecular weight excluding hydrogens is 463 g/mol. The molecule has 5 heteroatoms. The van der Waals surface area contributed by atoms with Crippen molar-refractivity contribution in [1.82, 2.24) is 0 Å². The van der Waals surface area contributed by atoms with Crippen molar-refractivity contribution in [3.05, 3.63) is 52.1 Å². The number of phenols is 1. The van der Waals surface area contributed by atoms with Gasteiger partial charge in [-0.15, -0.1) is 31.7 Å². The molecule has 1 aliphatic carbocycles. The first kappa shape index (κ1) is 37.3. The molecule has 2 rings (SSSR count). The summed E-state index contributed by atoms with van der Waals surface area (Å²) in [5, 5.41) is 9.72. The van der Waals surface area contributed by atoms with Crippen LogP contribution in [0.3, 0.4) is 0 Å². The number of hydrogen-bond acceptors (Lipinski definition) is 1. The molecule has 30 heavy (non-hydrogen) atoms. The molecule has 0 aromatic heterocycles. The Morgan fingerprint density at radius 3 is 1.33 bits per heavy atom. The Balaban J connectivity index is -0.000000195. The summed E-state index contributed by atoms with van der Waals surface area (Å²) in [5.74, 6) is 0.928. The molecule has 0 saturated carbocycles. The number of rotatable bonds is 0. The van der Waals surface area contributed by atoms with Crippen LogP contribution in [0.2, 0.25) is 13.1 Å². The largest absolute Gasteiger partial charge is 0.508 e. The fraction of sp³-hybridized carbons (Fsp3) is 0.600. The monoisotopic (exact) mass is 506 g/mol. The Labute approximate surface area is 217 Å². The van der Waals surface area contributed by atoms with Crippen LogP contribution in [0.4, 0.5) is 0 Å². The summed E-state index contributed by atoms with van der Waals surface area (Å²) in [5.41, 5.74) is 6.78. The Morgan fingerprint density at radius 1 is 0.833 bits per heavy atom. The molecule has 1 aromatic carbocycles. The first-order valence-electron chi connectivity index (χ1n) is 10.0. The number of hydrogen-bond donors (Lipinski definition) is 1. The van der Waals surface area contributed by atoms with Crippen LogP contribution in [0, 0.1) is 12.0 Å². The predicted octanol–water partition coefficient (Wildman–Crippen LogP) is 8.07. The van der Waals surface area contributed by atoms with Crippen LogP contribution in [-0.4, -0.2) is 14.6 Å². The van der Waals surface area contributed by atoms with E-state index in [2.05, 4.69) is 94.5 Å². The minimum Gasteiger partial charge on any atom is -0.508 e. The second-order valence-electron chi connectivity index (χ2n) is 9.64. The Bertz CT molecular complexity index is 651. The average Bonchev–Trinajstić information content (AvgIpc) is 2.73. The molecule has 1 aromatic rings. The summed E-state index contributed by atoms with van der Waals surface area (Å²) in [6.07, 6.45) is 3.36. The molecule has 1 aliphatic rings. The van der Waals surface area contributed by atoms with Crippen molar-refractivity contribution in [2.75, 3.05) is 0 Å². The van der Waals surface area contributed by atoms with Crippen molar-refractivity contribution in [1.29, 1.82) is 0 Å². The van der Waals surface area contributed by atoms with Gasteiger partial charge in [-0.3, -0.25) is 6.08 Å². The third-order valence-electron chi connectivity index (χ3n) is 4.89. The molecule has 1 atom stereocenters. The zero-order chi connectivity index (χ0) is 21.6. The van der Waals surface area contributed by atoms with E-state index in [1.54, 1.807) is 0 Å². The van der Waals surface area contributed by atoms with E-state index in [9.17, 15) is 5.11 Å². The second kappa shape index (κ2) is 15.8. The summed E-state index contributed by atoms with van der Waals surface area (Å²) < 4.78 is 0. The van der Waals surface area contributed by atoms with Crippen molar-refractivity contribution in [3.8, 4) is 5.75 Å². The molecule has 1 nitrogen and oxygen atoms in total. The van der Waals surface area contributed by atoms with E-state index in [4.69, 9.17) is 0 Å². The maximum Gasteiger partial charge on any atom is 0.116 e. The summed E-state index contributed by atoms with van der Waals surface area (Å²) in [4.78, 5) is 0. The van der Waals surface area contributed by atoms with E-state index in [1.807, 2.05) is 12.1 Å². The number of halogens is 2. The van der Waals surface area contributed by atoms with Crippen molar-refractivity contribution >= 4 is 34.3 Å². The Kier molecular flexibility index (Phi) is 19.6. The van der Waals surface area contributed by atoms with Gasteiger partial charge in [-0.2, -0.15) is 11.1 Å². The molecule has 0 bridgehead atoms. The van der Waals surface area contributed by atoms with Crippen LogP contribution in [-0.2, 0) is 32.5 Å². The van der Waals surface area contributed by atoms with Crippen LogP contribution < -0.4 is 0 Å². The number of benzene rings is 1. The topological polar surface area (TPSA) is 20.2 Å². The number of phenolic OH excluding ortho intramolecular Hbond substituents is 1. The third-order valence-corrected chi connectivity index (χ3v) is 4.89. The summed E-state index contributed by atoms with van der Waals surface area (Å²) in [6.45, 7) is 26.1. The van der Waals surface area contributed by atoms with E-state index in [0.717, 1.165) is 9.52 Å². The van der Waals surface area contributed by atoms with Gasteiger partial charge in [0.05, 0.1) is 0 Å². The molecule has 0 amide bonds. The average molecular weight is 507 g/mol. The predicted molar refractivity (Wildman–Crippen MR) is 139 cm³/mol. The van der Waals surface area contributed by atoms with Gasteiger partial charge in [0.15, 0.2) is 0 Å². The van der Waals surface area contributed by atoms with E-state index in [-0.39, 0.29) is 57.4 Å². The summed E-state index contributed by atoms with van der Waals surface area (Å²) >= 11 is 0. The smallest absolute Gasteiger partial charge is 0.116 e. The SMILES string of the molecule is CC(C)(C)c1cc(O)cc(C(C)(C)C)c1.CC1=[C-]C(C)C(C)=C1C.C[SiH]C.Cl.Cl.[Ti]. The summed E-state index contributed by atoms with van der Waals surface area (Å²) in [6, 6.07) is 5.91. The maximum absolute atomic E-state index is 9.72. The van der Waals surface area contributed by atoms with Gasteiger partial charge in [0.1, 0.15) is 5.75 Å². The van der Waals surface area contributed by atoms with Crippen molar-refractivity contribution < 1.29 is 26.8 Å². The summed E-state index contributed by atoms with van der Waals surface area (Å²) in [7, 11) is 0.750. The van der Waals surface area contributed by atoms with Crippen molar-refractivity contribution in [3.63, 3.8) is 0 Å². The van der Waals surface area contributed by atoms with Gasteiger partial charge in [0.2, 0.25) is 0 Å². The van der Waals surface area contributed by atoms with E-state index < -0.39 is 0 Å². The molecule has 1 unspecified atom stereocenters. The first-order chi connectivity index (χ1) is 12.1. The van der Waals surface area contributed by atoms with Gasteiger partial charge in [-0.1, -0.05) is 87.4 Å². The van der Waals surface area contributed by atoms with Crippen molar-refractivity contribution in [2.45, 2.75) is 93.2 Å². The second-order valence-corrected chi connectivity index (χ2v) is 10.8. The van der Waals surface area contributed by atoms with Crippen LogP contribution in [0.15, 0.2) is 34.9 Å². The van der Waals surface area contributed by atoms with Crippen LogP contribution in [0.5, 0.6) is 5.75 Å². The molecular formula is C25H44Cl2OSiTi-. The maximum atomic E-state index is 9.72. The molecule has 1 N–H and O–H groups in total. The van der Waals surface area contributed by atoms with Gasteiger partial charge in [-0.25, -0.2) is 5.57 Å². The minimum absolute atomic E-state index is 0. The van der Waals surface area contributed by atoms with Gasteiger partial charge in [0.25, 0.3) is 0 Å². The molecule has 0 saturated heterocycles. The van der Waals surface area contributed by atoms with Gasteiger partial charge in [0, 0.05) is 31.2 Å². The molecule has 0 spiro atoms. The van der Waals surface area contributed by atoms with Crippen molar-refractivity contribution in [2.24, 2.45) is 5.92 Å². The van der Waals surface area contributed by atoms with Crippen LogP contribution in [0.25, 0.3) is 0 Å². The van der Waals surface area contributed by atoms with Gasteiger partial charge in [-0.05, 0) is 34.1 Å². The van der Waals surface area contributed by atoms with E-state index in [1.165, 1.54) is 27.8 Å².